The van der Waals surface area contributed by atoms with Crippen LogP contribution in [0, 0.1) is 0 Å². The highest BCUT2D eigenvalue weighted by atomic mass is 32.2. The molecule has 0 atom stereocenters. The maximum absolute atomic E-state index is 11.9. The maximum atomic E-state index is 11.9. The Morgan fingerprint density at radius 1 is 1.22 bits per heavy atom. The molecule has 2 amide bonds. The van der Waals surface area contributed by atoms with Crippen LogP contribution in [0.25, 0.3) is 0 Å². The van der Waals surface area contributed by atoms with Gasteiger partial charge in [-0.3, -0.25) is 9.59 Å². The quantitative estimate of drug-likeness (QED) is 0.741. The van der Waals surface area contributed by atoms with Crippen molar-refractivity contribution in [1.29, 1.82) is 0 Å². The first-order chi connectivity index (χ1) is 11.1. The van der Waals surface area contributed by atoms with Crippen molar-refractivity contribution < 1.29 is 14.5 Å². The molecular formula is C17H26N3O2S+. The number of benzene rings is 1. The lowest BCUT2D eigenvalue weighted by molar-refractivity contribution is -0.910. The molecular weight excluding hydrogens is 310 g/mol. The first-order valence-electron chi connectivity index (χ1n) is 8.22. The number of carbonyl (C=O) groups excluding carboxylic acids is 2. The molecule has 0 aliphatic carbocycles. The van der Waals surface area contributed by atoms with Gasteiger partial charge in [0, 0.05) is 24.4 Å². The third-order valence-electron chi connectivity index (χ3n) is 4.15. The fourth-order valence-electron chi connectivity index (χ4n) is 2.56. The van der Waals surface area contributed by atoms with E-state index in [1.54, 1.807) is 9.80 Å². The highest BCUT2D eigenvalue weighted by Crippen LogP contribution is 2.16. The Kier molecular flexibility index (Phi) is 6.92. The van der Waals surface area contributed by atoms with Crippen LogP contribution in [0.5, 0.6) is 0 Å². The van der Waals surface area contributed by atoms with Gasteiger partial charge in [-0.15, -0.1) is 0 Å². The largest absolute Gasteiger partial charge is 0.350 e. The van der Waals surface area contributed by atoms with E-state index in [9.17, 15) is 9.59 Å². The minimum absolute atomic E-state index is 0.00315. The molecule has 0 unspecified atom stereocenters. The summed E-state index contributed by atoms with van der Waals surface area (Å²) in [5.74, 6) is 0.680. The van der Waals surface area contributed by atoms with E-state index in [4.69, 9.17) is 0 Å². The summed E-state index contributed by atoms with van der Waals surface area (Å²) in [6, 6.07) is 8.39. The molecule has 0 bridgehead atoms. The van der Waals surface area contributed by atoms with E-state index in [2.05, 4.69) is 43.4 Å². The standard InChI is InChI=1S/C17H25N3O2S/c1-3-19(4-2)12-15-7-5-14(6-8-15)11-18-16(21)13-20-9-10-23-17(20)22/h5-8H,3-4,9-13H2,1-2H3,(H,18,21)/p+1. The van der Waals surface area contributed by atoms with Crippen molar-refractivity contribution in [3.8, 4) is 0 Å². The molecule has 0 aromatic heterocycles. The number of quaternary nitrogens is 1. The molecule has 1 aromatic rings. The number of rotatable bonds is 8. The third-order valence-corrected chi connectivity index (χ3v) is 5.04. The average molecular weight is 336 g/mol. The molecule has 1 aromatic carbocycles. The monoisotopic (exact) mass is 336 g/mol. The minimum Gasteiger partial charge on any atom is -0.350 e. The van der Waals surface area contributed by atoms with Crippen LogP contribution >= 0.6 is 11.8 Å². The van der Waals surface area contributed by atoms with Crippen LogP contribution in [-0.2, 0) is 17.9 Å². The van der Waals surface area contributed by atoms with Crippen molar-refractivity contribution in [1.82, 2.24) is 10.2 Å². The smallest absolute Gasteiger partial charge is 0.282 e. The van der Waals surface area contributed by atoms with Gasteiger partial charge in [0.1, 0.15) is 13.1 Å². The summed E-state index contributed by atoms with van der Waals surface area (Å²) < 4.78 is 0. The highest BCUT2D eigenvalue weighted by Gasteiger charge is 2.22. The zero-order chi connectivity index (χ0) is 16.7. The van der Waals surface area contributed by atoms with Crippen molar-refractivity contribution in [3.63, 3.8) is 0 Å². The lowest BCUT2D eigenvalue weighted by Gasteiger charge is -2.16. The number of nitrogens with one attached hydrogen (secondary N) is 2. The normalized spacial score (nSPS) is 14.6. The predicted molar refractivity (Wildman–Crippen MR) is 93.5 cm³/mol. The summed E-state index contributed by atoms with van der Waals surface area (Å²) in [4.78, 5) is 26.5. The van der Waals surface area contributed by atoms with Gasteiger partial charge in [-0.25, -0.2) is 0 Å². The van der Waals surface area contributed by atoms with Crippen LogP contribution in [0.2, 0.25) is 0 Å². The molecule has 0 saturated carbocycles. The Labute approximate surface area is 142 Å². The number of amides is 2. The summed E-state index contributed by atoms with van der Waals surface area (Å²) in [7, 11) is 0. The fraction of sp³-hybridized carbons (Fsp3) is 0.529. The van der Waals surface area contributed by atoms with E-state index in [0.717, 1.165) is 31.0 Å². The Balaban J connectivity index is 1.77. The second-order valence-electron chi connectivity index (χ2n) is 5.76. The Hall–Kier alpha value is -1.53. The lowest BCUT2D eigenvalue weighted by Crippen LogP contribution is -3.10. The molecule has 23 heavy (non-hydrogen) atoms. The molecule has 0 radical (unpaired) electrons. The van der Waals surface area contributed by atoms with Gasteiger partial charge in [0.2, 0.25) is 5.91 Å². The van der Waals surface area contributed by atoms with Crippen molar-refractivity contribution in [2.45, 2.75) is 26.9 Å². The first-order valence-corrected chi connectivity index (χ1v) is 9.20. The van der Waals surface area contributed by atoms with E-state index < -0.39 is 0 Å². The molecule has 0 spiro atoms. The van der Waals surface area contributed by atoms with E-state index in [1.807, 2.05) is 0 Å². The number of thioether (sulfide) groups is 1. The van der Waals surface area contributed by atoms with E-state index in [-0.39, 0.29) is 17.7 Å². The predicted octanol–water partition coefficient (Wildman–Crippen LogP) is 0.896. The maximum Gasteiger partial charge on any atom is 0.282 e. The Bertz CT molecular complexity index is 529. The summed E-state index contributed by atoms with van der Waals surface area (Å²) in [5, 5.41) is 2.88. The molecule has 1 aliphatic rings. The average Bonchev–Trinajstić information content (AvgIpc) is 2.96. The topological polar surface area (TPSA) is 53.9 Å². The van der Waals surface area contributed by atoms with Crippen LogP contribution in [-0.4, -0.2) is 48.0 Å². The highest BCUT2D eigenvalue weighted by molar-refractivity contribution is 8.13. The van der Waals surface area contributed by atoms with Crippen LogP contribution < -0.4 is 10.2 Å². The molecule has 1 saturated heterocycles. The van der Waals surface area contributed by atoms with Gasteiger partial charge >= 0.3 is 0 Å². The van der Waals surface area contributed by atoms with Crippen LogP contribution in [0.4, 0.5) is 4.79 Å². The van der Waals surface area contributed by atoms with Gasteiger partial charge in [-0.2, -0.15) is 0 Å². The van der Waals surface area contributed by atoms with E-state index >= 15 is 0 Å². The van der Waals surface area contributed by atoms with Gasteiger partial charge in [-0.1, -0.05) is 36.0 Å². The number of hydrogen-bond donors (Lipinski definition) is 2. The second kappa shape index (κ2) is 8.93. The number of carbonyl (C=O) groups is 2. The summed E-state index contributed by atoms with van der Waals surface area (Å²) in [5.41, 5.74) is 2.40. The fourth-order valence-corrected chi connectivity index (χ4v) is 3.39. The molecule has 2 N–H and O–H groups in total. The van der Waals surface area contributed by atoms with Crippen LogP contribution in [0.3, 0.4) is 0 Å². The van der Waals surface area contributed by atoms with Gasteiger partial charge in [0.25, 0.3) is 5.24 Å². The molecule has 1 fully saturated rings. The summed E-state index contributed by atoms with van der Waals surface area (Å²) >= 11 is 1.28. The minimum atomic E-state index is -0.0995. The van der Waals surface area contributed by atoms with Crippen molar-refractivity contribution >= 4 is 22.9 Å². The van der Waals surface area contributed by atoms with Gasteiger partial charge in [0.15, 0.2) is 0 Å². The zero-order valence-corrected chi connectivity index (χ0v) is 14.7. The molecule has 5 nitrogen and oxygen atoms in total. The van der Waals surface area contributed by atoms with E-state index in [1.165, 1.54) is 17.3 Å². The number of hydrogen-bond acceptors (Lipinski definition) is 3. The van der Waals surface area contributed by atoms with Crippen molar-refractivity contribution in [2.24, 2.45) is 0 Å². The number of nitrogens with zero attached hydrogens (tertiary/aromatic N) is 1. The van der Waals surface area contributed by atoms with Gasteiger partial charge < -0.3 is 15.1 Å². The van der Waals surface area contributed by atoms with Gasteiger partial charge in [-0.05, 0) is 19.4 Å². The van der Waals surface area contributed by atoms with Crippen LogP contribution in [0.15, 0.2) is 24.3 Å². The molecule has 1 aliphatic heterocycles. The van der Waals surface area contributed by atoms with Gasteiger partial charge in [0.05, 0.1) is 13.1 Å². The van der Waals surface area contributed by atoms with Crippen molar-refractivity contribution in [3.05, 3.63) is 35.4 Å². The zero-order valence-electron chi connectivity index (χ0n) is 13.9. The van der Waals surface area contributed by atoms with Crippen molar-refractivity contribution in [2.75, 3.05) is 31.9 Å². The summed E-state index contributed by atoms with van der Waals surface area (Å²) in [6.07, 6.45) is 0. The van der Waals surface area contributed by atoms with E-state index in [0.29, 0.717) is 13.1 Å². The molecule has 126 valence electrons. The Morgan fingerprint density at radius 2 is 1.87 bits per heavy atom. The third kappa shape index (κ3) is 5.55. The first kappa shape index (κ1) is 17.8. The second-order valence-corrected chi connectivity index (χ2v) is 6.81. The molecule has 2 rings (SSSR count). The SMILES string of the molecule is CC[NH+](CC)Cc1ccc(CNC(=O)CN2CCSC2=O)cc1. The molecule has 1 heterocycles. The lowest BCUT2D eigenvalue weighted by atomic mass is 10.1. The molecule has 6 heteroatoms. The summed E-state index contributed by atoms with van der Waals surface area (Å²) in [6.45, 7) is 9.03. The van der Waals surface area contributed by atoms with Crippen LogP contribution in [0.1, 0.15) is 25.0 Å². The Morgan fingerprint density at radius 3 is 2.43 bits per heavy atom.